The van der Waals surface area contributed by atoms with Crippen LogP contribution in [0, 0.1) is 20.2 Å². The molecule has 2 aromatic carbocycles. The van der Waals surface area contributed by atoms with Gasteiger partial charge in [0.25, 0.3) is 11.4 Å². The monoisotopic (exact) mass is 304 g/mol. The minimum absolute atomic E-state index is 0.163. The number of carbonyl (C=O) groups is 1. The Balaban J connectivity index is 2.21. The Labute approximate surface area is 122 Å². The normalized spacial score (nSPS) is 9.82. The van der Waals surface area contributed by atoms with Crippen molar-refractivity contribution in [1.29, 1.82) is 0 Å². The Bertz CT molecular complexity index is 730. The van der Waals surface area contributed by atoms with E-state index in [2.05, 4.69) is 9.78 Å². The maximum absolute atomic E-state index is 11.7. The van der Waals surface area contributed by atoms with Gasteiger partial charge in [-0.2, -0.15) is 0 Å². The summed E-state index contributed by atoms with van der Waals surface area (Å²) in [4.78, 5) is 40.7. The minimum atomic E-state index is -0.888. The van der Waals surface area contributed by atoms with E-state index in [1.54, 1.807) is 18.2 Å². The highest BCUT2D eigenvalue weighted by Gasteiger charge is 2.22. The number of nitro benzene ring substituents is 2. The molecule has 0 aromatic heterocycles. The van der Waals surface area contributed by atoms with Crippen molar-refractivity contribution in [3.8, 4) is 5.75 Å². The average molecular weight is 304 g/mol. The summed E-state index contributed by atoms with van der Waals surface area (Å²) in [6, 6.07) is 10.4. The maximum atomic E-state index is 11.7. The van der Waals surface area contributed by atoms with Crippen molar-refractivity contribution >= 4 is 17.3 Å². The second kappa shape index (κ2) is 6.31. The lowest BCUT2D eigenvalue weighted by Gasteiger charge is -2.05. The quantitative estimate of drug-likeness (QED) is 0.472. The SMILES string of the molecule is O=C(OOc1cc([N+](=O)[O-])ccc1[N+](=O)[O-])c1ccccc1. The van der Waals surface area contributed by atoms with Crippen LogP contribution >= 0.6 is 0 Å². The van der Waals surface area contributed by atoms with Crippen molar-refractivity contribution in [3.63, 3.8) is 0 Å². The largest absolute Gasteiger partial charge is 0.386 e. The van der Waals surface area contributed by atoms with Crippen molar-refractivity contribution in [2.24, 2.45) is 0 Å². The molecular weight excluding hydrogens is 296 g/mol. The van der Waals surface area contributed by atoms with Gasteiger partial charge in [0.05, 0.1) is 21.5 Å². The van der Waals surface area contributed by atoms with E-state index in [4.69, 9.17) is 0 Å². The lowest BCUT2D eigenvalue weighted by Crippen LogP contribution is -2.09. The Morgan fingerprint density at radius 2 is 1.64 bits per heavy atom. The molecule has 0 radical (unpaired) electrons. The topological polar surface area (TPSA) is 122 Å². The first-order valence-corrected chi connectivity index (χ1v) is 5.86. The van der Waals surface area contributed by atoms with E-state index in [0.717, 1.165) is 18.2 Å². The molecule has 0 bridgehead atoms. The molecular formula is C13H8N2O7. The van der Waals surface area contributed by atoms with E-state index in [1.807, 2.05) is 0 Å². The van der Waals surface area contributed by atoms with Crippen LogP contribution in [-0.4, -0.2) is 15.8 Å². The standard InChI is InChI=1S/C13H8N2O7/c16-13(9-4-2-1-3-5-9)22-21-12-8-10(14(17)18)6-7-11(12)15(19)20/h1-8H. The van der Waals surface area contributed by atoms with Crippen LogP contribution in [0.25, 0.3) is 0 Å². The number of non-ortho nitro benzene ring substituents is 1. The van der Waals surface area contributed by atoms with E-state index >= 15 is 0 Å². The predicted molar refractivity (Wildman–Crippen MR) is 72.2 cm³/mol. The Morgan fingerprint density at radius 3 is 2.23 bits per heavy atom. The van der Waals surface area contributed by atoms with Gasteiger partial charge in [0.2, 0.25) is 0 Å². The molecule has 22 heavy (non-hydrogen) atoms. The van der Waals surface area contributed by atoms with Crippen LogP contribution in [0.2, 0.25) is 0 Å². The summed E-state index contributed by atoms with van der Waals surface area (Å²) in [5, 5.41) is 21.5. The molecule has 9 heteroatoms. The van der Waals surface area contributed by atoms with Gasteiger partial charge >= 0.3 is 11.7 Å². The Morgan fingerprint density at radius 1 is 0.955 bits per heavy atom. The first-order chi connectivity index (χ1) is 10.5. The van der Waals surface area contributed by atoms with Crippen LogP contribution in [0.1, 0.15) is 10.4 Å². The van der Waals surface area contributed by atoms with Gasteiger partial charge < -0.3 is 0 Å². The van der Waals surface area contributed by atoms with Gasteiger partial charge in [-0.1, -0.05) is 18.2 Å². The third-order valence-electron chi connectivity index (χ3n) is 2.57. The van der Waals surface area contributed by atoms with E-state index in [0.29, 0.717) is 0 Å². The Hall–Kier alpha value is -3.49. The number of hydrogen-bond donors (Lipinski definition) is 0. The first-order valence-electron chi connectivity index (χ1n) is 5.86. The second-order valence-electron chi connectivity index (χ2n) is 3.99. The number of hydrogen-bond acceptors (Lipinski definition) is 7. The smallest absolute Gasteiger partial charge is 0.279 e. The van der Waals surface area contributed by atoms with E-state index in [-0.39, 0.29) is 5.56 Å². The molecule has 2 rings (SSSR count). The molecule has 112 valence electrons. The molecule has 0 aliphatic carbocycles. The van der Waals surface area contributed by atoms with E-state index < -0.39 is 32.9 Å². The molecule has 0 heterocycles. The zero-order valence-electron chi connectivity index (χ0n) is 10.9. The summed E-state index contributed by atoms with van der Waals surface area (Å²) in [6.45, 7) is 0. The van der Waals surface area contributed by atoms with Gasteiger partial charge in [-0.05, 0) is 12.1 Å². The molecule has 9 nitrogen and oxygen atoms in total. The molecule has 0 saturated heterocycles. The van der Waals surface area contributed by atoms with Crippen LogP contribution in [0.3, 0.4) is 0 Å². The lowest BCUT2D eigenvalue weighted by atomic mass is 10.2. The minimum Gasteiger partial charge on any atom is -0.279 e. The second-order valence-corrected chi connectivity index (χ2v) is 3.99. The van der Waals surface area contributed by atoms with Gasteiger partial charge in [0.1, 0.15) is 0 Å². The van der Waals surface area contributed by atoms with Gasteiger partial charge in [0.15, 0.2) is 0 Å². The Kier molecular flexibility index (Phi) is 4.27. The highest BCUT2D eigenvalue weighted by molar-refractivity contribution is 5.88. The summed E-state index contributed by atoms with van der Waals surface area (Å²) in [7, 11) is 0. The number of nitro groups is 2. The fraction of sp³-hybridized carbons (Fsp3) is 0. The van der Waals surface area contributed by atoms with Crippen molar-refractivity contribution in [1.82, 2.24) is 0 Å². The number of nitrogens with zero attached hydrogens (tertiary/aromatic N) is 2. The van der Waals surface area contributed by atoms with Crippen LogP contribution < -0.4 is 4.89 Å². The molecule has 0 fully saturated rings. The first kappa shape index (κ1) is 14.9. The molecule has 2 aromatic rings. The maximum Gasteiger partial charge on any atom is 0.386 e. The third kappa shape index (κ3) is 3.33. The van der Waals surface area contributed by atoms with Crippen molar-refractivity contribution in [2.45, 2.75) is 0 Å². The summed E-state index contributed by atoms with van der Waals surface area (Å²) in [5.74, 6) is -1.43. The zero-order valence-corrected chi connectivity index (χ0v) is 10.9. The zero-order chi connectivity index (χ0) is 16.1. The number of rotatable bonds is 5. The molecule has 0 unspecified atom stereocenters. The van der Waals surface area contributed by atoms with E-state index in [9.17, 15) is 25.0 Å². The fourth-order valence-corrected chi connectivity index (χ4v) is 1.54. The van der Waals surface area contributed by atoms with Crippen molar-refractivity contribution in [3.05, 3.63) is 74.3 Å². The van der Waals surface area contributed by atoms with Crippen molar-refractivity contribution < 1.29 is 24.4 Å². The van der Waals surface area contributed by atoms with Gasteiger partial charge in [-0.3, -0.25) is 25.1 Å². The molecule has 0 spiro atoms. The molecule has 0 aliphatic rings. The van der Waals surface area contributed by atoms with Gasteiger partial charge in [-0.25, -0.2) is 9.68 Å². The predicted octanol–water partition coefficient (Wildman–Crippen LogP) is 2.65. The van der Waals surface area contributed by atoms with Gasteiger partial charge in [0, 0.05) is 12.1 Å². The van der Waals surface area contributed by atoms with Gasteiger partial charge in [-0.15, -0.1) is 0 Å². The molecule has 0 saturated carbocycles. The van der Waals surface area contributed by atoms with Crippen LogP contribution in [0.5, 0.6) is 5.75 Å². The molecule has 0 atom stereocenters. The fourth-order valence-electron chi connectivity index (χ4n) is 1.54. The number of benzene rings is 2. The van der Waals surface area contributed by atoms with Crippen LogP contribution in [0.4, 0.5) is 11.4 Å². The third-order valence-corrected chi connectivity index (χ3v) is 2.57. The highest BCUT2D eigenvalue weighted by atomic mass is 17.2. The lowest BCUT2D eigenvalue weighted by molar-refractivity contribution is -0.391. The highest BCUT2D eigenvalue weighted by Crippen LogP contribution is 2.31. The summed E-state index contributed by atoms with van der Waals surface area (Å²) in [6.07, 6.45) is 0. The van der Waals surface area contributed by atoms with Crippen LogP contribution in [-0.2, 0) is 4.89 Å². The van der Waals surface area contributed by atoms with E-state index in [1.165, 1.54) is 12.1 Å². The molecule has 0 amide bonds. The summed E-state index contributed by atoms with van der Waals surface area (Å²) >= 11 is 0. The summed E-state index contributed by atoms with van der Waals surface area (Å²) < 4.78 is 0. The molecule has 0 aliphatic heterocycles. The average Bonchev–Trinajstić information content (AvgIpc) is 2.52. The number of carbonyl (C=O) groups excluding carboxylic acids is 1. The molecule has 0 N–H and O–H groups in total. The summed E-state index contributed by atoms with van der Waals surface area (Å²) in [5.41, 5.74) is -0.835. The van der Waals surface area contributed by atoms with Crippen LogP contribution in [0.15, 0.2) is 48.5 Å². The van der Waals surface area contributed by atoms with Crippen molar-refractivity contribution in [2.75, 3.05) is 0 Å².